The quantitative estimate of drug-likeness (QED) is 0.731. The van der Waals surface area contributed by atoms with E-state index in [2.05, 4.69) is 25.6 Å². The third-order valence-electron chi connectivity index (χ3n) is 9.33. The summed E-state index contributed by atoms with van der Waals surface area (Å²) in [6, 6.07) is 2.12. The number of nitrogens with zero attached hydrogens (tertiary/aromatic N) is 1. The summed E-state index contributed by atoms with van der Waals surface area (Å²) in [6.07, 6.45) is 12.4. The molecule has 0 amide bonds. The topological polar surface area (TPSA) is 12.0 Å². The molecule has 9 unspecified atom stereocenters. The van der Waals surface area contributed by atoms with E-state index in [-0.39, 0.29) is 0 Å². The van der Waals surface area contributed by atoms with Gasteiger partial charge in [-0.3, -0.25) is 4.98 Å². The van der Waals surface area contributed by atoms with Gasteiger partial charge in [0.15, 0.2) is 0 Å². The maximum Gasteiger partial charge on any atom is 0.372 e. The van der Waals surface area contributed by atoms with Crippen LogP contribution in [0.1, 0.15) is 51.4 Å². The van der Waals surface area contributed by atoms with Crippen LogP contribution < -0.4 is 4.98 Å². The third kappa shape index (κ3) is 1.27. The summed E-state index contributed by atoms with van der Waals surface area (Å²) in [5, 5.41) is 0. The number of fused-ring (bicyclic) bond motifs is 6. The summed E-state index contributed by atoms with van der Waals surface area (Å²) in [5.74, 6) is 4.48. The molecule has 0 spiro atoms. The molecule has 0 aromatic rings. The van der Waals surface area contributed by atoms with Crippen molar-refractivity contribution in [2.75, 3.05) is 14.1 Å². The van der Waals surface area contributed by atoms with E-state index >= 15 is 0 Å². The SMILES string of the molecule is CN[Si]1(C)C2C3CCCCC3C3C4CCCCC4[N+]1(C)C32. The summed E-state index contributed by atoms with van der Waals surface area (Å²) in [6.45, 7) is 2.72. The molecule has 5 aliphatic rings. The van der Waals surface area contributed by atoms with Crippen LogP contribution in [-0.4, -0.2) is 38.7 Å². The molecule has 3 aliphatic carbocycles. The van der Waals surface area contributed by atoms with Gasteiger partial charge in [-0.1, -0.05) is 19.3 Å². The van der Waals surface area contributed by atoms with Crippen molar-refractivity contribution in [1.29, 1.82) is 0 Å². The standard InChI is InChI=1S/C18H33N2Si/c1-19-21(3)18-13-9-5-4-8-12(13)16-14-10-6-7-11-15(14)20(21,2)17(16)18/h12-19H,4-11H2,1-3H3/q+1. The Kier molecular flexibility index (Phi) is 2.68. The molecule has 2 nitrogen and oxygen atoms in total. The molecule has 118 valence electrons. The van der Waals surface area contributed by atoms with Crippen LogP contribution in [0.4, 0.5) is 0 Å². The van der Waals surface area contributed by atoms with Gasteiger partial charge in [0.2, 0.25) is 0 Å². The van der Waals surface area contributed by atoms with Crippen molar-refractivity contribution >= 4 is 8.40 Å². The van der Waals surface area contributed by atoms with E-state index in [1.165, 1.54) is 29.8 Å². The van der Waals surface area contributed by atoms with Gasteiger partial charge in [0.25, 0.3) is 0 Å². The van der Waals surface area contributed by atoms with Crippen LogP contribution in [0.2, 0.25) is 12.1 Å². The van der Waals surface area contributed by atoms with E-state index in [1.807, 2.05) is 0 Å². The van der Waals surface area contributed by atoms with Gasteiger partial charge in [-0.05, 0) is 57.5 Å². The molecule has 0 radical (unpaired) electrons. The second-order valence-corrected chi connectivity index (χ2v) is 13.7. The van der Waals surface area contributed by atoms with Crippen molar-refractivity contribution in [2.24, 2.45) is 23.7 Å². The highest BCUT2D eigenvalue weighted by Crippen LogP contribution is 2.74. The highest BCUT2D eigenvalue weighted by atomic mass is 28.4. The second-order valence-electron chi connectivity index (χ2n) is 9.27. The second kappa shape index (κ2) is 4.15. The molecule has 21 heavy (non-hydrogen) atoms. The van der Waals surface area contributed by atoms with Crippen LogP contribution in [-0.2, 0) is 0 Å². The van der Waals surface area contributed by atoms with Crippen LogP contribution >= 0.6 is 0 Å². The maximum absolute atomic E-state index is 3.99. The molecule has 1 N–H and O–H groups in total. The van der Waals surface area contributed by atoms with E-state index in [1.54, 1.807) is 25.7 Å². The summed E-state index contributed by atoms with van der Waals surface area (Å²) in [4.78, 5) is 3.99. The first-order valence-corrected chi connectivity index (χ1v) is 12.2. The molecule has 2 saturated heterocycles. The van der Waals surface area contributed by atoms with Gasteiger partial charge in [-0.25, -0.2) is 0 Å². The van der Waals surface area contributed by atoms with Crippen molar-refractivity contribution < 1.29 is 4.15 Å². The van der Waals surface area contributed by atoms with Gasteiger partial charge in [-0.2, -0.15) is 0 Å². The van der Waals surface area contributed by atoms with Gasteiger partial charge < -0.3 is 4.15 Å². The summed E-state index contributed by atoms with van der Waals surface area (Å²) < 4.78 is 1.54. The molecule has 3 saturated carbocycles. The monoisotopic (exact) mass is 305 g/mol. The molecule has 9 atom stereocenters. The smallest absolute Gasteiger partial charge is 0.368 e. The largest absolute Gasteiger partial charge is 0.372 e. The van der Waals surface area contributed by atoms with E-state index in [4.69, 9.17) is 0 Å². The summed E-state index contributed by atoms with van der Waals surface area (Å²) >= 11 is 0. The van der Waals surface area contributed by atoms with Crippen molar-refractivity contribution in [3.63, 3.8) is 0 Å². The lowest BCUT2D eigenvalue weighted by Crippen LogP contribution is -2.88. The Balaban J connectivity index is 1.63. The van der Waals surface area contributed by atoms with Crippen LogP contribution in [0.25, 0.3) is 0 Å². The Hall–Kier alpha value is 0.137. The van der Waals surface area contributed by atoms with E-state index in [0.717, 1.165) is 41.3 Å². The Bertz CT molecular complexity index is 468. The van der Waals surface area contributed by atoms with Crippen molar-refractivity contribution in [3.8, 4) is 0 Å². The molecule has 5 rings (SSSR count). The lowest BCUT2D eigenvalue weighted by molar-refractivity contribution is -0.883. The third-order valence-corrected chi connectivity index (χ3v) is 15.0. The zero-order valence-corrected chi connectivity index (χ0v) is 15.1. The maximum atomic E-state index is 3.99. The number of hydrogen-bond acceptors (Lipinski definition) is 1. The van der Waals surface area contributed by atoms with Crippen LogP contribution in [0, 0.1) is 23.7 Å². The van der Waals surface area contributed by atoms with Crippen LogP contribution in [0.5, 0.6) is 0 Å². The first-order chi connectivity index (χ1) is 10.1. The number of quaternary nitrogens is 1. The van der Waals surface area contributed by atoms with Gasteiger partial charge in [-0.15, -0.1) is 0 Å². The summed E-state index contributed by atoms with van der Waals surface area (Å²) in [7, 11) is 3.67. The average Bonchev–Trinajstić information content (AvgIpc) is 2.97. The Labute approximate surface area is 131 Å². The van der Waals surface area contributed by atoms with Crippen LogP contribution in [0.3, 0.4) is 0 Å². The zero-order valence-electron chi connectivity index (χ0n) is 14.1. The van der Waals surface area contributed by atoms with E-state index in [0.29, 0.717) is 0 Å². The Morgan fingerprint density at radius 3 is 2.24 bits per heavy atom. The molecule has 0 aromatic carbocycles. The highest BCUT2D eigenvalue weighted by molar-refractivity contribution is 6.73. The van der Waals surface area contributed by atoms with Crippen molar-refractivity contribution in [2.45, 2.75) is 75.5 Å². The average molecular weight is 306 g/mol. The first kappa shape index (κ1) is 13.6. The molecular formula is C18H33N2Si+. The highest BCUT2D eigenvalue weighted by Gasteiger charge is 2.86. The predicted molar refractivity (Wildman–Crippen MR) is 89.1 cm³/mol. The van der Waals surface area contributed by atoms with Gasteiger partial charge in [0, 0.05) is 11.8 Å². The zero-order chi connectivity index (χ0) is 14.4. The normalized spacial score (nSPS) is 64.4. The van der Waals surface area contributed by atoms with E-state index in [9.17, 15) is 0 Å². The Morgan fingerprint density at radius 1 is 0.905 bits per heavy atom. The number of nitrogens with one attached hydrogen (secondary N) is 1. The van der Waals surface area contributed by atoms with Gasteiger partial charge in [0.05, 0.1) is 24.7 Å². The molecule has 2 aliphatic heterocycles. The molecule has 5 fully saturated rings. The molecule has 0 bridgehead atoms. The predicted octanol–water partition coefficient (Wildman–Crippen LogP) is 3.49. The molecular weight excluding hydrogens is 272 g/mol. The first-order valence-electron chi connectivity index (χ1n) is 9.69. The fourth-order valence-electron chi connectivity index (χ4n) is 8.65. The Morgan fingerprint density at radius 2 is 1.52 bits per heavy atom. The number of hydrogen-bond donors (Lipinski definition) is 1. The fraction of sp³-hybridized carbons (Fsp3) is 1.00. The van der Waals surface area contributed by atoms with Gasteiger partial charge in [0.1, 0.15) is 0 Å². The van der Waals surface area contributed by atoms with E-state index < -0.39 is 8.40 Å². The fourth-order valence-corrected chi connectivity index (χ4v) is 14.3. The number of rotatable bonds is 1. The minimum atomic E-state index is -1.34. The minimum absolute atomic E-state index is 1.04. The summed E-state index contributed by atoms with van der Waals surface area (Å²) in [5.41, 5.74) is 1.12. The molecule has 3 heteroatoms. The molecule has 2 heterocycles. The molecule has 0 aromatic heterocycles. The van der Waals surface area contributed by atoms with Crippen LogP contribution in [0.15, 0.2) is 0 Å². The van der Waals surface area contributed by atoms with Crippen molar-refractivity contribution in [3.05, 3.63) is 0 Å². The minimum Gasteiger partial charge on any atom is -0.368 e. The van der Waals surface area contributed by atoms with Gasteiger partial charge >= 0.3 is 8.40 Å². The van der Waals surface area contributed by atoms with Crippen molar-refractivity contribution in [1.82, 2.24) is 4.98 Å². The lowest BCUT2D eigenvalue weighted by Gasteiger charge is -2.66. The lowest BCUT2D eigenvalue weighted by atomic mass is 9.70.